The van der Waals surface area contributed by atoms with Crippen LogP contribution in [0.1, 0.15) is 44.7 Å². The maximum atomic E-state index is 12.2. The van der Waals surface area contributed by atoms with Crippen LogP contribution in [-0.4, -0.2) is 15.9 Å². The highest BCUT2D eigenvalue weighted by molar-refractivity contribution is 7.80. The van der Waals surface area contributed by atoms with Crippen molar-refractivity contribution in [3.05, 3.63) is 11.1 Å². The van der Waals surface area contributed by atoms with Gasteiger partial charge in [0.1, 0.15) is 0 Å². The second-order valence-electron chi connectivity index (χ2n) is 4.99. The predicted octanol–water partition coefficient (Wildman–Crippen LogP) is 2.66. The van der Waals surface area contributed by atoms with E-state index in [0.717, 1.165) is 25.0 Å². The summed E-state index contributed by atoms with van der Waals surface area (Å²) in [5.74, 6) is 0.256. The minimum absolute atomic E-state index is 0.106. The Balaban J connectivity index is 2.09. The van der Waals surface area contributed by atoms with Gasteiger partial charge in [-0.05, 0) is 18.8 Å². The van der Waals surface area contributed by atoms with Crippen LogP contribution in [0.4, 0.5) is 5.13 Å². The maximum absolute atomic E-state index is 12.2. The summed E-state index contributed by atoms with van der Waals surface area (Å²) in [6.45, 7) is 4.15. The van der Waals surface area contributed by atoms with Crippen molar-refractivity contribution in [3.8, 4) is 0 Å². The van der Waals surface area contributed by atoms with Crippen LogP contribution in [0.25, 0.3) is 0 Å². The Morgan fingerprint density at radius 2 is 2.28 bits per heavy atom. The Hall–Kier alpha value is -1.01. The summed E-state index contributed by atoms with van der Waals surface area (Å²) in [6, 6.07) is 0. The molecule has 18 heavy (non-hydrogen) atoms. The van der Waals surface area contributed by atoms with Crippen LogP contribution >= 0.6 is 23.6 Å². The Morgan fingerprint density at radius 1 is 1.61 bits per heavy atom. The van der Waals surface area contributed by atoms with E-state index in [-0.39, 0.29) is 5.91 Å². The van der Waals surface area contributed by atoms with Crippen LogP contribution in [0.3, 0.4) is 0 Å². The third-order valence-electron chi connectivity index (χ3n) is 3.45. The van der Waals surface area contributed by atoms with Crippen LogP contribution in [-0.2, 0) is 4.79 Å². The van der Waals surface area contributed by atoms with Crippen molar-refractivity contribution >= 4 is 39.6 Å². The van der Waals surface area contributed by atoms with E-state index in [1.807, 2.05) is 5.38 Å². The lowest BCUT2D eigenvalue weighted by Crippen LogP contribution is -2.50. The van der Waals surface area contributed by atoms with Crippen LogP contribution < -0.4 is 11.1 Å². The summed E-state index contributed by atoms with van der Waals surface area (Å²) in [5, 5.41) is 5.44. The molecule has 0 atom stereocenters. The van der Waals surface area contributed by atoms with Crippen molar-refractivity contribution in [1.29, 1.82) is 0 Å². The van der Waals surface area contributed by atoms with Gasteiger partial charge in [0.15, 0.2) is 5.13 Å². The first-order chi connectivity index (χ1) is 8.45. The molecule has 0 spiro atoms. The van der Waals surface area contributed by atoms with Gasteiger partial charge in [-0.25, -0.2) is 4.98 Å². The molecule has 98 valence electrons. The predicted molar refractivity (Wildman–Crippen MR) is 77.9 cm³/mol. The van der Waals surface area contributed by atoms with Crippen molar-refractivity contribution in [2.24, 2.45) is 11.1 Å². The molecule has 0 saturated heterocycles. The summed E-state index contributed by atoms with van der Waals surface area (Å²) in [4.78, 5) is 16.9. The summed E-state index contributed by atoms with van der Waals surface area (Å²) in [6.07, 6.45) is 2.49. The first-order valence-corrected chi connectivity index (χ1v) is 7.31. The number of aromatic nitrogens is 1. The molecule has 1 aromatic rings. The normalized spacial score (nSPS) is 17.3. The minimum atomic E-state index is -0.640. The lowest BCUT2D eigenvalue weighted by Gasteiger charge is -2.38. The molecule has 0 bridgehead atoms. The average Bonchev–Trinajstić information content (AvgIpc) is 2.63. The Kier molecular flexibility index (Phi) is 3.68. The molecule has 0 aliphatic heterocycles. The molecule has 6 heteroatoms. The third kappa shape index (κ3) is 2.27. The van der Waals surface area contributed by atoms with E-state index >= 15 is 0 Å². The highest BCUT2D eigenvalue weighted by Gasteiger charge is 2.47. The second kappa shape index (κ2) is 4.93. The third-order valence-corrected chi connectivity index (χ3v) is 4.61. The number of hydrogen-bond acceptors (Lipinski definition) is 4. The first kappa shape index (κ1) is 13.4. The average molecular weight is 283 g/mol. The van der Waals surface area contributed by atoms with Gasteiger partial charge >= 0.3 is 0 Å². The van der Waals surface area contributed by atoms with Crippen LogP contribution in [0, 0.1) is 5.41 Å². The van der Waals surface area contributed by atoms with Crippen molar-refractivity contribution in [1.82, 2.24) is 4.98 Å². The summed E-state index contributed by atoms with van der Waals surface area (Å²) >= 11 is 6.46. The first-order valence-electron chi connectivity index (χ1n) is 6.02. The quantitative estimate of drug-likeness (QED) is 0.834. The fourth-order valence-electron chi connectivity index (χ4n) is 1.94. The zero-order valence-electron chi connectivity index (χ0n) is 10.5. The number of nitrogens with one attached hydrogen (secondary N) is 1. The number of nitrogens with two attached hydrogens (primary N) is 1. The van der Waals surface area contributed by atoms with Gasteiger partial charge < -0.3 is 11.1 Å². The smallest absolute Gasteiger partial charge is 0.239 e. The fraction of sp³-hybridized carbons (Fsp3) is 0.583. The molecular formula is C12H17N3OS2. The Labute approximate surface area is 116 Å². The molecule has 0 aromatic carbocycles. The zero-order valence-corrected chi connectivity index (χ0v) is 12.2. The molecule has 0 unspecified atom stereocenters. The molecule has 1 fully saturated rings. The molecule has 4 nitrogen and oxygen atoms in total. The molecule has 1 heterocycles. The minimum Gasteiger partial charge on any atom is -0.392 e. The number of anilines is 1. The molecule has 0 radical (unpaired) electrons. The number of hydrogen-bond donors (Lipinski definition) is 2. The molecule has 1 aromatic heterocycles. The van der Waals surface area contributed by atoms with Gasteiger partial charge in [-0.2, -0.15) is 0 Å². The van der Waals surface area contributed by atoms with Gasteiger partial charge in [0, 0.05) is 5.38 Å². The topological polar surface area (TPSA) is 68.0 Å². The van der Waals surface area contributed by atoms with E-state index in [1.165, 1.54) is 11.3 Å². The van der Waals surface area contributed by atoms with E-state index in [0.29, 0.717) is 16.0 Å². The lowest BCUT2D eigenvalue weighted by atomic mass is 9.68. The monoisotopic (exact) mass is 283 g/mol. The number of carbonyl (C=O) groups is 1. The van der Waals surface area contributed by atoms with Crippen molar-refractivity contribution in [3.63, 3.8) is 0 Å². The van der Waals surface area contributed by atoms with Gasteiger partial charge in [-0.3, -0.25) is 4.79 Å². The molecular weight excluding hydrogens is 266 g/mol. The molecule has 1 aliphatic rings. The number of nitrogens with zero attached hydrogens (tertiary/aromatic N) is 1. The van der Waals surface area contributed by atoms with E-state index in [1.54, 1.807) is 0 Å². The lowest BCUT2D eigenvalue weighted by molar-refractivity contribution is -0.125. The van der Waals surface area contributed by atoms with Crippen LogP contribution in [0.2, 0.25) is 0 Å². The molecule has 2 rings (SSSR count). The highest BCUT2D eigenvalue weighted by atomic mass is 32.1. The number of amides is 1. The van der Waals surface area contributed by atoms with E-state index in [9.17, 15) is 4.79 Å². The maximum Gasteiger partial charge on any atom is 0.239 e. The zero-order chi connectivity index (χ0) is 13.3. The summed E-state index contributed by atoms with van der Waals surface area (Å²) in [5.41, 5.74) is 6.05. The summed E-state index contributed by atoms with van der Waals surface area (Å²) < 4.78 is 0. The van der Waals surface area contributed by atoms with Crippen molar-refractivity contribution < 1.29 is 4.79 Å². The largest absolute Gasteiger partial charge is 0.392 e. The molecule has 1 saturated carbocycles. The van der Waals surface area contributed by atoms with Gasteiger partial charge in [0.05, 0.1) is 16.1 Å². The number of rotatable bonds is 4. The van der Waals surface area contributed by atoms with E-state index in [2.05, 4.69) is 24.1 Å². The SMILES string of the molecule is CC(C)c1csc(NC(=O)C2(C(N)=S)CCC2)n1. The van der Waals surface area contributed by atoms with Crippen LogP contribution in [0.5, 0.6) is 0 Å². The standard InChI is InChI=1S/C12H17N3OS2/c1-7(2)8-6-18-11(14-8)15-10(16)12(9(13)17)4-3-5-12/h6-7H,3-5H2,1-2H3,(H2,13,17)(H,14,15,16). The Bertz CT molecular complexity index is 477. The molecule has 1 amide bonds. The molecule has 3 N–H and O–H groups in total. The fourth-order valence-corrected chi connectivity index (χ4v) is 3.10. The molecule has 1 aliphatic carbocycles. The van der Waals surface area contributed by atoms with Gasteiger partial charge in [-0.1, -0.05) is 32.5 Å². The number of carbonyl (C=O) groups excluding carboxylic acids is 1. The summed E-state index contributed by atoms with van der Waals surface area (Å²) in [7, 11) is 0. The Morgan fingerprint density at radius 3 is 2.67 bits per heavy atom. The van der Waals surface area contributed by atoms with Gasteiger partial charge in [0.25, 0.3) is 0 Å². The number of thiazole rings is 1. The van der Waals surface area contributed by atoms with E-state index in [4.69, 9.17) is 18.0 Å². The van der Waals surface area contributed by atoms with Gasteiger partial charge in [-0.15, -0.1) is 11.3 Å². The number of thiocarbonyl (C=S) groups is 1. The van der Waals surface area contributed by atoms with Crippen molar-refractivity contribution in [2.45, 2.75) is 39.0 Å². The highest BCUT2D eigenvalue weighted by Crippen LogP contribution is 2.42. The second-order valence-corrected chi connectivity index (χ2v) is 6.28. The van der Waals surface area contributed by atoms with Crippen LogP contribution in [0.15, 0.2) is 5.38 Å². The van der Waals surface area contributed by atoms with Crippen molar-refractivity contribution in [2.75, 3.05) is 5.32 Å². The van der Waals surface area contributed by atoms with Gasteiger partial charge in [0.2, 0.25) is 5.91 Å². The van der Waals surface area contributed by atoms with E-state index < -0.39 is 5.41 Å².